The van der Waals surface area contributed by atoms with Crippen molar-refractivity contribution in [2.24, 2.45) is 5.92 Å². The molecular formula is C15H18N4O3. The zero-order valence-corrected chi connectivity index (χ0v) is 12.6. The van der Waals surface area contributed by atoms with Crippen molar-refractivity contribution in [1.82, 2.24) is 20.1 Å². The van der Waals surface area contributed by atoms with Gasteiger partial charge in [-0.1, -0.05) is 13.8 Å². The van der Waals surface area contributed by atoms with Crippen LogP contribution < -0.4 is 5.32 Å². The lowest BCUT2D eigenvalue weighted by Crippen LogP contribution is -2.44. The molecule has 0 fully saturated rings. The van der Waals surface area contributed by atoms with Gasteiger partial charge in [0.1, 0.15) is 18.7 Å². The van der Waals surface area contributed by atoms with E-state index in [1.165, 1.54) is 6.33 Å². The van der Waals surface area contributed by atoms with Gasteiger partial charge in [0.15, 0.2) is 0 Å². The molecule has 0 saturated heterocycles. The molecule has 2 rings (SSSR count). The molecule has 7 nitrogen and oxygen atoms in total. The summed E-state index contributed by atoms with van der Waals surface area (Å²) in [5, 5.41) is 15.7. The lowest BCUT2D eigenvalue weighted by molar-refractivity contribution is -0.140. The monoisotopic (exact) mass is 302 g/mol. The van der Waals surface area contributed by atoms with E-state index in [4.69, 9.17) is 5.11 Å². The number of carbonyl (C=O) groups excluding carboxylic acids is 1. The second-order valence-corrected chi connectivity index (χ2v) is 5.37. The average Bonchev–Trinajstić information content (AvgIpc) is 2.97. The number of carboxylic acid groups (broad SMARTS) is 1. The Kier molecular flexibility index (Phi) is 4.55. The molecule has 22 heavy (non-hydrogen) atoms. The number of hydrogen-bond acceptors (Lipinski definition) is 4. The van der Waals surface area contributed by atoms with Crippen molar-refractivity contribution in [2.75, 3.05) is 0 Å². The summed E-state index contributed by atoms with van der Waals surface area (Å²) in [4.78, 5) is 27.2. The lowest BCUT2D eigenvalue weighted by Gasteiger charge is -2.18. The highest BCUT2D eigenvalue weighted by atomic mass is 16.4. The molecule has 1 heterocycles. The summed E-state index contributed by atoms with van der Waals surface area (Å²) in [6.07, 6.45) is 3.00. The van der Waals surface area contributed by atoms with E-state index >= 15 is 0 Å². The summed E-state index contributed by atoms with van der Waals surface area (Å²) in [6, 6.07) is 4.18. The maximum Gasteiger partial charge on any atom is 0.326 e. The van der Waals surface area contributed by atoms with Crippen molar-refractivity contribution in [1.29, 1.82) is 0 Å². The lowest BCUT2D eigenvalue weighted by atomic mass is 10.0. The predicted octanol–water partition coefficient (Wildman–Crippen LogP) is 1.41. The second-order valence-electron chi connectivity index (χ2n) is 5.37. The number of rotatable bonds is 5. The zero-order valence-electron chi connectivity index (χ0n) is 12.6. The van der Waals surface area contributed by atoms with Crippen LogP contribution in [0, 0.1) is 12.8 Å². The molecule has 0 aliphatic carbocycles. The summed E-state index contributed by atoms with van der Waals surface area (Å²) in [5.74, 6) is -1.65. The predicted molar refractivity (Wildman–Crippen MR) is 79.8 cm³/mol. The number of nitrogens with zero attached hydrogens (tertiary/aromatic N) is 3. The van der Waals surface area contributed by atoms with Gasteiger partial charge in [-0.25, -0.2) is 14.5 Å². The fourth-order valence-electron chi connectivity index (χ4n) is 2.12. The number of carbonyl (C=O) groups is 2. The maximum absolute atomic E-state index is 12.2. The highest BCUT2D eigenvalue weighted by Crippen LogP contribution is 2.15. The maximum atomic E-state index is 12.2. The van der Waals surface area contributed by atoms with Gasteiger partial charge in [0.2, 0.25) is 0 Å². The Labute approximate surface area is 128 Å². The highest BCUT2D eigenvalue weighted by molar-refractivity contribution is 5.97. The Morgan fingerprint density at radius 3 is 2.55 bits per heavy atom. The first-order valence-electron chi connectivity index (χ1n) is 6.89. The van der Waals surface area contributed by atoms with Gasteiger partial charge in [-0.15, -0.1) is 0 Å². The summed E-state index contributed by atoms with van der Waals surface area (Å²) in [7, 11) is 0. The molecule has 2 N–H and O–H groups in total. The third-order valence-corrected chi connectivity index (χ3v) is 3.34. The van der Waals surface area contributed by atoms with Gasteiger partial charge in [0, 0.05) is 5.56 Å². The number of amides is 1. The van der Waals surface area contributed by atoms with E-state index in [9.17, 15) is 9.59 Å². The van der Waals surface area contributed by atoms with Gasteiger partial charge in [0.25, 0.3) is 5.91 Å². The SMILES string of the molecule is Cc1cc(C(=O)NC(C(=O)O)C(C)C)ccc1-n1cncn1. The standard InChI is InChI=1S/C15H18N4O3/c1-9(2)13(15(21)22)18-14(20)11-4-5-12(10(3)6-11)19-8-16-7-17-19/h4-9,13H,1-3H3,(H,18,20)(H,21,22). The van der Waals surface area contributed by atoms with Crippen LogP contribution in [0.5, 0.6) is 0 Å². The topological polar surface area (TPSA) is 97.1 Å². The first kappa shape index (κ1) is 15.7. The number of nitrogens with one attached hydrogen (secondary N) is 1. The van der Waals surface area contributed by atoms with Crippen LogP contribution in [0.15, 0.2) is 30.9 Å². The summed E-state index contributed by atoms with van der Waals surface area (Å²) >= 11 is 0. The van der Waals surface area contributed by atoms with Crippen LogP contribution in [-0.4, -0.2) is 37.8 Å². The van der Waals surface area contributed by atoms with Gasteiger partial charge in [-0.2, -0.15) is 5.10 Å². The molecule has 0 aliphatic heterocycles. The van der Waals surface area contributed by atoms with Crippen LogP contribution in [0.3, 0.4) is 0 Å². The van der Waals surface area contributed by atoms with Crippen molar-refractivity contribution in [3.63, 3.8) is 0 Å². The van der Waals surface area contributed by atoms with Crippen LogP contribution in [0.1, 0.15) is 29.8 Å². The summed E-state index contributed by atoms with van der Waals surface area (Å²) in [5.41, 5.74) is 2.07. The van der Waals surface area contributed by atoms with E-state index in [1.807, 2.05) is 6.92 Å². The fourth-order valence-corrected chi connectivity index (χ4v) is 2.12. The van der Waals surface area contributed by atoms with Gasteiger partial charge < -0.3 is 10.4 Å². The molecule has 1 aromatic heterocycles. The van der Waals surface area contributed by atoms with Crippen molar-refractivity contribution in [2.45, 2.75) is 26.8 Å². The quantitative estimate of drug-likeness (QED) is 0.870. The Balaban J connectivity index is 2.21. The number of aryl methyl sites for hydroxylation is 1. The van der Waals surface area contributed by atoms with E-state index in [-0.39, 0.29) is 5.92 Å². The Bertz CT molecular complexity index is 680. The molecule has 0 bridgehead atoms. The Morgan fingerprint density at radius 1 is 1.32 bits per heavy atom. The van der Waals surface area contributed by atoms with E-state index < -0.39 is 17.9 Å². The zero-order chi connectivity index (χ0) is 16.3. The molecule has 2 aromatic rings. The largest absolute Gasteiger partial charge is 0.480 e. The molecular weight excluding hydrogens is 284 g/mol. The number of aromatic nitrogens is 3. The molecule has 116 valence electrons. The van der Waals surface area contributed by atoms with Crippen molar-refractivity contribution in [3.8, 4) is 5.69 Å². The van der Waals surface area contributed by atoms with Crippen LogP contribution in [0.4, 0.5) is 0 Å². The first-order chi connectivity index (χ1) is 10.4. The molecule has 1 atom stereocenters. The van der Waals surface area contributed by atoms with E-state index in [2.05, 4.69) is 15.4 Å². The van der Waals surface area contributed by atoms with Gasteiger partial charge >= 0.3 is 5.97 Å². The minimum absolute atomic E-state index is 0.197. The van der Waals surface area contributed by atoms with Crippen LogP contribution >= 0.6 is 0 Å². The normalized spacial score (nSPS) is 12.2. The first-order valence-corrected chi connectivity index (χ1v) is 6.89. The van der Waals surface area contributed by atoms with Crippen molar-refractivity contribution >= 4 is 11.9 Å². The smallest absolute Gasteiger partial charge is 0.326 e. The third kappa shape index (κ3) is 3.30. The van der Waals surface area contributed by atoms with Crippen LogP contribution in [0.2, 0.25) is 0 Å². The van der Waals surface area contributed by atoms with Crippen LogP contribution in [0.25, 0.3) is 5.69 Å². The van der Waals surface area contributed by atoms with Crippen molar-refractivity contribution < 1.29 is 14.7 Å². The highest BCUT2D eigenvalue weighted by Gasteiger charge is 2.24. The summed E-state index contributed by atoms with van der Waals surface area (Å²) < 4.78 is 1.60. The molecule has 1 amide bonds. The van der Waals surface area contributed by atoms with E-state index in [0.29, 0.717) is 5.56 Å². The number of benzene rings is 1. The molecule has 0 aliphatic rings. The van der Waals surface area contributed by atoms with E-state index in [0.717, 1.165) is 11.3 Å². The minimum atomic E-state index is -1.04. The molecule has 7 heteroatoms. The Morgan fingerprint density at radius 2 is 2.05 bits per heavy atom. The van der Waals surface area contributed by atoms with Crippen LogP contribution in [-0.2, 0) is 4.79 Å². The molecule has 0 radical (unpaired) electrons. The van der Waals surface area contributed by atoms with Gasteiger partial charge in [-0.3, -0.25) is 4.79 Å². The minimum Gasteiger partial charge on any atom is -0.480 e. The molecule has 0 saturated carbocycles. The van der Waals surface area contributed by atoms with Crippen molar-refractivity contribution in [3.05, 3.63) is 42.0 Å². The van der Waals surface area contributed by atoms with Gasteiger partial charge in [-0.05, 0) is 36.6 Å². The number of hydrogen-bond donors (Lipinski definition) is 2. The van der Waals surface area contributed by atoms with E-state index in [1.54, 1.807) is 43.1 Å². The fraction of sp³-hybridized carbons (Fsp3) is 0.333. The number of aliphatic carboxylic acids is 1. The third-order valence-electron chi connectivity index (χ3n) is 3.34. The summed E-state index contributed by atoms with van der Waals surface area (Å²) in [6.45, 7) is 5.35. The average molecular weight is 302 g/mol. The Hall–Kier alpha value is -2.70. The molecule has 1 unspecified atom stereocenters. The second kappa shape index (κ2) is 6.38. The van der Waals surface area contributed by atoms with Gasteiger partial charge in [0.05, 0.1) is 5.69 Å². The molecule has 0 spiro atoms. The number of carboxylic acids is 1. The molecule has 1 aromatic carbocycles.